The number of halogens is 5. The number of anilines is 1. The Morgan fingerprint density at radius 2 is 1.40 bits per heavy atom. The molecule has 260 valence electrons. The van der Waals surface area contributed by atoms with Gasteiger partial charge in [-0.3, -0.25) is 24.0 Å². The summed E-state index contributed by atoms with van der Waals surface area (Å²) >= 11 is 3.05. The Balaban J connectivity index is 1.66. The lowest BCUT2D eigenvalue weighted by Crippen LogP contribution is -2.48. The lowest BCUT2D eigenvalue weighted by Gasteiger charge is -2.25. The summed E-state index contributed by atoms with van der Waals surface area (Å²) in [4.78, 5) is 65.1. The van der Waals surface area contributed by atoms with Crippen LogP contribution in [0.4, 0.5) is 23.2 Å². The molecule has 3 N–H and O–H groups in total. The summed E-state index contributed by atoms with van der Waals surface area (Å²) in [6, 6.07) is 17.8. The number of hydrogen-bond acceptors (Lipinski definition) is 6. The number of carboxylic acids is 2. The van der Waals surface area contributed by atoms with Crippen LogP contribution in [0.15, 0.2) is 89.4 Å². The molecule has 2 amide bonds. The molecule has 4 aromatic rings. The van der Waals surface area contributed by atoms with Crippen molar-refractivity contribution in [1.29, 1.82) is 0 Å². The van der Waals surface area contributed by atoms with Gasteiger partial charge in [0.25, 0.3) is 11.8 Å². The second-order valence-corrected chi connectivity index (χ2v) is 11.9. The number of carboxylic acid groups (broad SMARTS) is 2. The number of alkyl halides is 3. The van der Waals surface area contributed by atoms with Crippen molar-refractivity contribution in [2.45, 2.75) is 18.0 Å². The molecule has 0 radical (unpaired) electrons. The zero-order valence-electron chi connectivity index (χ0n) is 26.2. The molecule has 4 aromatic carbocycles. The number of benzene rings is 4. The second-order valence-electron chi connectivity index (χ2n) is 11.1. The smallest absolute Gasteiger partial charge is 0.416 e. The second kappa shape index (κ2) is 14.9. The molecule has 50 heavy (non-hydrogen) atoms. The maximum atomic E-state index is 15.8. The van der Waals surface area contributed by atoms with Gasteiger partial charge in [0.2, 0.25) is 5.41 Å². The van der Waals surface area contributed by atoms with Crippen LogP contribution in [0.1, 0.15) is 37.4 Å². The van der Waals surface area contributed by atoms with Gasteiger partial charge in [0.1, 0.15) is 12.4 Å². The monoisotopic (exact) mass is 758 g/mol. The van der Waals surface area contributed by atoms with Gasteiger partial charge < -0.3 is 25.2 Å². The number of nitrogens with zero attached hydrogens (tertiary/aromatic N) is 1. The first-order valence-electron chi connectivity index (χ1n) is 14.5. The molecule has 0 aliphatic rings. The van der Waals surface area contributed by atoms with E-state index >= 15 is 4.39 Å². The molecule has 0 aromatic heterocycles. The molecule has 0 heterocycles. The average Bonchev–Trinajstić information content (AvgIpc) is 3.07. The van der Waals surface area contributed by atoms with Crippen molar-refractivity contribution in [2.24, 2.45) is 0 Å². The van der Waals surface area contributed by atoms with Gasteiger partial charge in [-0.1, -0.05) is 60.7 Å². The maximum absolute atomic E-state index is 15.8. The van der Waals surface area contributed by atoms with Crippen LogP contribution in [0, 0.1) is 5.82 Å². The molecule has 0 saturated carbocycles. The average molecular weight is 760 g/mol. The van der Waals surface area contributed by atoms with E-state index in [0.29, 0.717) is 0 Å². The lowest BCUT2D eigenvalue weighted by molar-refractivity contribution is -0.164. The van der Waals surface area contributed by atoms with Crippen LogP contribution in [-0.2, 0) is 37.1 Å². The van der Waals surface area contributed by atoms with E-state index in [-0.39, 0.29) is 33.5 Å². The summed E-state index contributed by atoms with van der Waals surface area (Å²) < 4.78 is 59.7. The minimum Gasteiger partial charge on any atom is -0.480 e. The highest BCUT2D eigenvalue weighted by atomic mass is 79.9. The lowest BCUT2D eigenvalue weighted by atomic mass is 9.81. The third kappa shape index (κ3) is 7.67. The summed E-state index contributed by atoms with van der Waals surface area (Å²) in [5.41, 5.74) is -4.27. The standard InChI is InChI=1S/C35H27BrF4N2O8/c1-42(2)31(45)25-16-20(17-26(43)50-18-34(32(46)47,33(48)49)21-8-4-3-5-9-21)28(37)27(36)29(25)41-30(44)24-11-7-6-10-23(24)19-12-14-22(15-13-19)35(38,39)40/h3-16H,17-18H2,1-2H3,(H,41,44)(H,46,47)(H,48,49). The molecule has 4 rings (SSSR count). The van der Waals surface area contributed by atoms with Crippen LogP contribution in [-0.4, -0.2) is 65.5 Å². The topological polar surface area (TPSA) is 150 Å². The predicted molar refractivity (Wildman–Crippen MR) is 175 cm³/mol. The zero-order chi connectivity index (χ0) is 37.0. The van der Waals surface area contributed by atoms with E-state index in [9.17, 15) is 47.4 Å². The van der Waals surface area contributed by atoms with E-state index < -0.39 is 75.8 Å². The number of ether oxygens (including phenoxy) is 1. The summed E-state index contributed by atoms with van der Waals surface area (Å²) in [6.07, 6.45) is -5.44. The largest absolute Gasteiger partial charge is 0.480 e. The van der Waals surface area contributed by atoms with Crippen molar-refractivity contribution in [3.8, 4) is 11.1 Å². The first-order valence-corrected chi connectivity index (χ1v) is 15.3. The molecule has 0 atom stereocenters. The van der Waals surface area contributed by atoms with Gasteiger partial charge in [0.05, 0.1) is 27.7 Å². The highest BCUT2D eigenvalue weighted by molar-refractivity contribution is 9.10. The van der Waals surface area contributed by atoms with Gasteiger partial charge >= 0.3 is 24.1 Å². The van der Waals surface area contributed by atoms with Crippen molar-refractivity contribution < 1.29 is 56.5 Å². The summed E-state index contributed by atoms with van der Waals surface area (Å²) in [7, 11) is 2.75. The molecule has 0 saturated heterocycles. The number of nitrogens with one attached hydrogen (secondary N) is 1. The van der Waals surface area contributed by atoms with Gasteiger partial charge in [-0.05, 0) is 56.9 Å². The maximum Gasteiger partial charge on any atom is 0.416 e. The molecule has 0 aliphatic heterocycles. The van der Waals surface area contributed by atoms with Crippen LogP contribution in [0.25, 0.3) is 11.1 Å². The highest BCUT2D eigenvalue weighted by Gasteiger charge is 2.50. The van der Waals surface area contributed by atoms with Gasteiger partial charge in [-0.2, -0.15) is 13.2 Å². The van der Waals surface area contributed by atoms with Crippen molar-refractivity contribution in [1.82, 2.24) is 4.90 Å². The minimum absolute atomic E-state index is 0.0192. The number of hydrogen-bond donors (Lipinski definition) is 3. The molecule has 0 bridgehead atoms. The summed E-state index contributed by atoms with van der Waals surface area (Å²) in [6.45, 7) is -1.14. The minimum atomic E-state index is -4.58. The molecule has 0 aliphatic carbocycles. The molecule has 0 spiro atoms. The number of aliphatic carboxylic acids is 2. The molecule has 0 fully saturated rings. The molecular weight excluding hydrogens is 732 g/mol. The first kappa shape index (κ1) is 37.3. The van der Waals surface area contributed by atoms with E-state index in [0.717, 1.165) is 23.1 Å². The fourth-order valence-electron chi connectivity index (χ4n) is 4.95. The van der Waals surface area contributed by atoms with Crippen molar-refractivity contribution in [3.63, 3.8) is 0 Å². The molecular formula is C35H27BrF4N2O8. The molecule has 10 nitrogen and oxygen atoms in total. The van der Waals surface area contributed by atoms with Crippen LogP contribution < -0.4 is 5.32 Å². The Morgan fingerprint density at radius 3 is 1.96 bits per heavy atom. The van der Waals surface area contributed by atoms with Crippen LogP contribution >= 0.6 is 15.9 Å². The SMILES string of the molecule is CN(C)C(=O)c1cc(CC(=O)OCC(C(=O)O)(C(=O)O)c2ccccc2)c(F)c(Br)c1NC(=O)c1ccccc1-c1ccc(C(F)(F)F)cc1. The summed E-state index contributed by atoms with van der Waals surface area (Å²) in [5.74, 6) is -7.52. The highest BCUT2D eigenvalue weighted by Crippen LogP contribution is 2.36. The third-order valence-electron chi connectivity index (χ3n) is 7.63. The number of amides is 2. The molecule has 15 heteroatoms. The summed E-state index contributed by atoms with van der Waals surface area (Å²) in [5, 5.41) is 22.1. The van der Waals surface area contributed by atoms with Crippen molar-refractivity contribution in [2.75, 3.05) is 26.0 Å². The van der Waals surface area contributed by atoms with Crippen LogP contribution in [0.5, 0.6) is 0 Å². The van der Waals surface area contributed by atoms with Crippen LogP contribution in [0.3, 0.4) is 0 Å². The quantitative estimate of drug-likeness (QED) is 0.0901. The Morgan fingerprint density at radius 1 is 0.820 bits per heavy atom. The van der Waals surface area contributed by atoms with Crippen molar-refractivity contribution in [3.05, 3.63) is 123 Å². The van der Waals surface area contributed by atoms with Gasteiger partial charge in [0, 0.05) is 25.2 Å². The van der Waals surface area contributed by atoms with E-state index in [4.69, 9.17) is 4.74 Å². The number of esters is 1. The Kier molecular flexibility index (Phi) is 11.1. The Bertz CT molecular complexity index is 1950. The van der Waals surface area contributed by atoms with E-state index in [1.54, 1.807) is 6.07 Å². The number of carbonyl (C=O) groups excluding carboxylic acids is 3. The van der Waals surface area contributed by atoms with Gasteiger partial charge in [-0.25, -0.2) is 4.39 Å². The Labute approximate surface area is 290 Å². The fraction of sp³-hybridized carbons (Fsp3) is 0.171. The number of rotatable bonds is 11. The van der Waals surface area contributed by atoms with Crippen molar-refractivity contribution >= 4 is 51.3 Å². The predicted octanol–water partition coefficient (Wildman–Crippen LogP) is 6.42. The third-order valence-corrected chi connectivity index (χ3v) is 8.38. The normalized spacial score (nSPS) is 11.4. The Hall–Kier alpha value is -5.57. The van der Waals surface area contributed by atoms with E-state index in [1.807, 2.05) is 0 Å². The fourth-order valence-corrected chi connectivity index (χ4v) is 5.52. The zero-order valence-corrected chi connectivity index (χ0v) is 27.8. The molecule has 0 unspecified atom stereocenters. The number of carbonyl (C=O) groups is 5. The first-order chi connectivity index (χ1) is 23.5. The van der Waals surface area contributed by atoms with Gasteiger partial charge in [0.15, 0.2) is 0 Å². The van der Waals surface area contributed by atoms with Gasteiger partial charge in [-0.15, -0.1) is 0 Å². The van der Waals surface area contributed by atoms with E-state index in [2.05, 4.69) is 21.2 Å². The van der Waals surface area contributed by atoms with E-state index in [1.165, 1.54) is 74.8 Å². The van der Waals surface area contributed by atoms with Crippen LogP contribution in [0.2, 0.25) is 0 Å².